The molecule has 0 aliphatic rings. The van der Waals surface area contributed by atoms with E-state index in [0.29, 0.717) is 0 Å². The summed E-state index contributed by atoms with van der Waals surface area (Å²) in [6, 6.07) is 10.1. The molecule has 16 heavy (non-hydrogen) atoms. The van der Waals surface area contributed by atoms with E-state index in [0.717, 1.165) is 12.2 Å². The Hall–Kier alpha value is -0.990. The lowest BCUT2D eigenvalue weighted by Gasteiger charge is -2.08. The lowest BCUT2D eigenvalue weighted by molar-refractivity contribution is 0.414. The van der Waals surface area contributed by atoms with E-state index in [1.54, 1.807) is 18.4 Å². The zero-order valence-electron chi connectivity index (χ0n) is 9.02. The largest absolute Gasteiger partial charge is 0.497 e. The standard InChI is InChI=1S/C13H13ClOS/c1-15-12-4-2-3-10(7-12)8-13(14)11-5-6-16-9-11/h2-7,9,13H,8H2,1H3. The van der Waals surface area contributed by atoms with Gasteiger partial charge in [-0.1, -0.05) is 12.1 Å². The van der Waals surface area contributed by atoms with Gasteiger partial charge in [0, 0.05) is 0 Å². The molecule has 0 aliphatic carbocycles. The molecule has 0 radical (unpaired) electrons. The van der Waals surface area contributed by atoms with Crippen LogP contribution in [0.5, 0.6) is 5.75 Å². The molecule has 0 aliphatic heterocycles. The summed E-state index contributed by atoms with van der Waals surface area (Å²) in [5.41, 5.74) is 2.39. The van der Waals surface area contributed by atoms with Gasteiger partial charge in [-0.25, -0.2) is 0 Å². The van der Waals surface area contributed by atoms with Crippen LogP contribution in [-0.4, -0.2) is 7.11 Å². The molecule has 1 aromatic heterocycles. The summed E-state index contributed by atoms with van der Waals surface area (Å²) >= 11 is 8.02. The number of ether oxygens (including phenoxy) is 1. The Bertz CT molecular complexity index is 439. The molecule has 1 unspecified atom stereocenters. The minimum absolute atomic E-state index is 0.0401. The molecule has 1 nitrogen and oxygen atoms in total. The number of rotatable bonds is 4. The molecule has 1 heterocycles. The third-order valence-electron chi connectivity index (χ3n) is 2.45. The minimum Gasteiger partial charge on any atom is -0.497 e. The highest BCUT2D eigenvalue weighted by molar-refractivity contribution is 7.08. The molecule has 0 saturated heterocycles. The van der Waals surface area contributed by atoms with Gasteiger partial charge in [0.25, 0.3) is 0 Å². The smallest absolute Gasteiger partial charge is 0.119 e. The van der Waals surface area contributed by atoms with Crippen molar-refractivity contribution in [2.45, 2.75) is 11.8 Å². The summed E-state index contributed by atoms with van der Waals surface area (Å²) in [7, 11) is 1.68. The zero-order valence-corrected chi connectivity index (χ0v) is 10.6. The van der Waals surface area contributed by atoms with E-state index in [1.807, 2.05) is 18.2 Å². The molecule has 1 atom stereocenters. The first-order valence-corrected chi connectivity index (χ1v) is 6.46. The van der Waals surface area contributed by atoms with E-state index in [2.05, 4.69) is 22.9 Å². The summed E-state index contributed by atoms with van der Waals surface area (Å²) < 4.78 is 5.19. The van der Waals surface area contributed by atoms with Crippen LogP contribution in [0.1, 0.15) is 16.5 Å². The van der Waals surface area contributed by atoms with Crippen LogP contribution in [-0.2, 0) is 6.42 Å². The highest BCUT2D eigenvalue weighted by atomic mass is 35.5. The van der Waals surface area contributed by atoms with Crippen molar-refractivity contribution in [3.05, 3.63) is 52.2 Å². The fourth-order valence-electron chi connectivity index (χ4n) is 1.58. The van der Waals surface area contributed by atoms with Crippen LogP contribution in [0.25, 0.3) is 0 Å². The van der Waals surface area contributed by atoms with Crippen molar-refractivity contribution >= 4 is 22.9 Å². The third-order valence-corrected chi connectivity index (χ3v) is 3.56. The maximum absolute atomic E-state index is 6.34. The molecule has 0 saturated carbocycles. The van der Waals surface area contributed by atoms with Crippen molar-refractivity contribution in [1.29, 1.82) is 0 Å². The Morgan fingerprint density at radius 3 is 2.94 bits per heavy atom. The number of benzene rings is 1. The molecule has 1 aromatic carbocycles. The molecule has 0 spiro atoms. The van der Waals surface area contributed by atoms with Gasteiger partial charge in [-0.15, -0.1) is 11.6 Å². The molecule has 0 fully saturated rings. The average molecular weight is 253 g/mol. The number of halogens is 1. The van der Waals surface area contributed by atoms with E-state index in [9.17, 15) is 0 Å². The first-order chi connectivity index (χ1) is 7.79. The number of hydrogen-bond donors (Lipinski definition) is 0. The maximum atomic E-state index is 6.34. The van der Waals surface area contributed by atoms with Crippen molar-refractivity contribution in [2.75, 3.05) is 7.11 Å². The second-order valence-electron chi connectivity index (χ2n) is 3.58. The maximum Gasteiger partial charge on any atom is 0.119 e. The Labute approximate surface area is 105 Å². The molecule has 0 bridgehead atoms. The summed E-state index contributed by atoms with van der Waals surface area (Å²) in [6.07, 6.45) is 0.829. The fourth-order valence-corrected chi connectivity index (χ4v) is 2.68. The molecule has 2 aromatic rings. The van der Waals surface area contributed by atoms with E-state index in [-0.39, 0.29) is 5.38 Å². The number of alkyl halides is 1. The molecular weight excluding hydrogens is 240 g/mol. The van der Waals surface area contributed by atoms with Crippen molar-refractivity contribution in [2.24, 2.45) is 0 Å². The summed E-state index contributed by atoms with van der Waals surface area (Å²) in [6.45, 7) is 0. The van der Waals surface area contributed by atoms with Crippen molar-refractivity contribution < 1.29 is 4.74 Å². The highest BCUT2D eigenvalue weighted by Crippen LogP contribution is 2.27. The third kappa shape index (κ3) is 2.77. The topological polar surface area (TPSA) is 9.23 Å². The van der Waals surface area contributed by atoms with E-state index >= 15 is 0 Å². The number of methoxy groups -OCH3 is 1. The van der Waals surface area contributed by atoms with Crippen LogP contribution in [0.3, 0.4) is 0 Å². The molecular formula is C13H13ClOS. The minimum atomic E-state index is 0.0401. The second kappa shape index (κ2) is 5.37. The molecule has 0 N–H and O–H groups in total. The van der Waals surface area contributed by atoms with E-state index in [1.165, 1.54) is 11.1 Å². The van der Waals surface area contributed by atoms with Crippen molar-refractivity contribution in [3.63, 3.8) is 0 Å². The van der Waals surface area contributed by atoms with Gasteiger partial charge in [0.15, 0.2) is 0 Å². The van der Waals surface area contributed by atoms with Crippen LogP contribution in [0.4, 0.5) is 0 Å². The highest BCUT2D eigenvalue weighted by Gasteiger charge is 2.09. The van der Waals surface area contributed by atoms with E-state index in [4.69, 9.17) is 16.3 Å². The SMILES string of the molecule is COc1cccc(CC(Cl)c2ccsc2)c1. The van der Waals surface area contributed by atoms with Gasteiger partial charge in [0.2, 0.25) is 0 Å². The summed E-state index contributed by atoms with van der Waals surface area (Å²) in [4.78, 5) is 0. The lowest BCUT2D eigenvalue weighted by atomic mass is 10.1. The zero-order chi connectivity index (χ0) is 11.4. The summed E-state index contributed by atoms with van der Waals surface area (Å²) in [5.74, 6) is 0.881. The number of hydrogen-bond acceptors (Lipinski definition) is 2. The molecule has 2 rings (SSSR count). The van der Waals surface area contributed by atoms with Crippen LogP contribution < -0.4 is 4.74 Å². The monoisotopic (exact) mass is 252 g/mol. The quantitative estimate of drug-likeness (QED) is 0.738. The van der Waals surface area contributed by atoms with Gasteiger partial charge in [0.1, 0.15) is 5.75 Å². The normalized spacial score (nSPS) is 12.4. The van der Waals surface area contributed by atoms with Crippen LogP contribution in [0.2, 0.25) is 0 Å². The van der Waals surface area contributed by atoms with Gasteiger partial charge in [-0.05, 0) is 46.5 Å². The van der Waals surface area contributed by atoms with E-state index < -0.39 is 0 Å². The van der Waals surface area contributed by atoms with Crippen LogP contribution in [0.15, 0.2) is 41.1 Å². The Kier molecular flexibility index (Phi) is 3.86. The fraction of sp³-hybridized carbons (Fsp3) is 0.231. The second-order valence-corrected chi connectivity index (χ2v) is 4.89. The average Bonchev–Trinajstić information content (AvgIpc) is 2.83. The predicted molar refractivity (Wildman–Crippen MR) is 69.6 cm³/mol. The number of thiophene rings is 1. The van der Waals surface area contributed by atoms with Gasteiger partial charge < -0.3 is 4.74 Å². The molecule has 84 valence electrons. The lowest BCUT2D eigenvalue weighted by Crippen LogP contribution is -1.94. The van der Waals surface area contributed by atoms with Gasteiger partial charge in [0.05, 0.1) is 12.5 Å². The van der Waals surface area contributed by atoms with Crippen molar-refractivity contribution in [3.8, 4) is 5.75 Å². The van der Waals surface area contributed by atoms with Crippen LogP contribution in [0, 0.1) is 0 Å². The Morgan fingerprint density at radius 1 is 1.38 bits per heavy atom. The van der Waals surface area contributed by atoms with Crippen LogP contribution >= 0.6 is 22.9 Å². The summed E-state index contributed by atoms with van der Waals surface area (Å²) in [5, 5.41) is 4.19. The first-order valence-electron chi connectivity index (χ1n) is 5.08. The van der Waals surface area contributed by atoms with Gasteiger partial charge in [-0.3, -0.25) is 0 Å². The molecule has 3 heteroatoms. The van der Waals surface area contributed by atoms with Gasteiger partial charge in [-0.2, -0.15) is 11.3 Å². The Balaban J connectivity index is 2.08. The predicted octanol–water partition coefficient (Wildman–Crippen LogP) is 4.28. The molecule has 0 amide bonds. The van der Waals surface area contributed by atoms with Gasteiger partial charge >= 0.3 is 0 Å². The van der Waals surface area contributed by atoms with Crippen molar-refractivity contribution in [1.82, 2.24) is 0 Å². The first kappa shape index (κ1) is 11.5. The Morgan fingerprint density at radius 2 is 2.25 bits per heavy atom.